The van der Waals surface area contributed by atoms with Gasteiger partial charge in [-0.25, -0.2) is 9.78 Å². The molecule has 2 N–H and O–H groups in total. The van der Waals surface area contributed by atoms with Crippen LogP contribution in [0.2, 0.25) is 0 Å². The first-order chi connectivity index (χ1) is 12.1. The topological polar surface area (TPSA) is 81.7 Å². The molecule has 0 aliphatic heterocycles. The summed E-state index contributed by atoms with van der Waals surface area (Å²) in [5.41, 5.74) is 1.65. The van der Waals surface area contributed by atoms with Gasteiger partial charge in [-0.05, 0) is 25.7 Å². The van der Waals surface area contributed by atoms with Crippen LogP contribution >= 0.6 is 11.3 Å². The molecule has 1 heterocycles. The van der Waals surface area contributed by atoms with Crippen LogP contribution in [0.25, 0.3) is 0 Å². The van der Waals surface area contributed by atoms with Gasteiger partial charge in [0.05, 0.1) is 32.7 Å². The average Bonchev–Trinajstić information content (AvgIpc) is 3.02. The standard InChI is InChI=1S/C17H21N3O4S/c1-22-12-8-10(9-13(23-2)15(12)24-3)18-16(21)20-17-19-11-6-4-5-7-14(11)25-17/h8-9H,4-7H2,1-3H3,(H2,18,19,20,21). The molecule has 0 unspecified atom stereocenters. The number of nitrogens with zero attached hydrogens (tertiary/aromatic N) is 1. The van der Waals surface area contributed by atoms with E-state index in [2.05, 4.69) is 15.6 Å². The lowest BCUT2D eigenvalue weighted by Crippen LogP contribution is -2.19. The van der Waals surface area contributed by atoms with Crippen LogP contribution in [-0.2, 0) is 12.8 Å². The lowest BCUT2D eigenvalue weighted by atomic mass is 10.0. The second kappa shape index (κ2) is 7.60. The van der Waals surface area contributed by atoms with Gasteiger partial charge in [-0.2, -0.15) is 0 Å². The minimum atomic E-state index is -0.361. The molecule has 2 aromatic rings. The minimum absolute atomic E-state index is 0.361. The quantitative estimate of drug-likeness (QED) is 0.847. The molecule has 7 nitrogen and oxygen atoms in total. The van der Waals surface area contributed by atoms with E-state index in [4.69, 9.17) is 14.2 Å². The third kappa shape index (κ3) is 3.79. The van der Waals surface area contributed by atoms with Gasteiger partial charge in [0.15, 0.2) is 16.6 Å². The largest absolute Gasteiger partial charge is 0.493 e. The number of carbonyl (C=O) groups is 1. The Morgan fingerprint density at radius 3 is 2.32 bits per heavy atom. The van der Waals surface area contributed by atoms with Gasteiger partial charge >= 0.3 is 6.03 Å². The van der Waals surface area contributed by atoms with Gasteiger partial charge in [0.2, 0.25) is 5.75 Å². The van der Waals surface area contributed by atoms with Crippen LogP contribution < -0.4 is 24.8 Å². The number of hydrogen-bond acceptors (Lipinski definition) is 6. The van der Waals surface area contributed by atoms with Crippen LogP contribution in [-0.4, -0.2) is 32.3 Å². The molecule has 0 bridgehead atoms. The highest BCUT2D eigenvalue weighted by Crippen LogP contribution is 2.40. The van der Waals surface area contributed by atoms with Crippen molar-refractivity contribution in [1.29, 1.82) is 0 Å². The van der Waals surface area contributed by atoms with Crippen molar-refractivity contribution in [3.05, 3.63) is 22.7 Å². The van der Waals surface area contributed by atoms with Crippen molar-refractivity contribution < 1.29 is 19.0 Å². The Kier molecular flexibility index (Phi) is 5.28. The van der Waals surface area contributed by atoms with E-state index in [-0.39, 0.29) is 6.03 Å². The zero-order chi connectivity index (χ0) is 17.8. The fourth-order valence-electron chi connectivity index (χ4n) is 2.82. The highest BCUT2D eigenvalue weighted by molar-refractivity contribution is 7.15. The molecule has 134 valence electrons. The summed E-state index contributed by atoms with van der Waals surface area (Å²) >= 11 is 1.54. The normalized spacial score (nSPS) is 12.9. The molecule has 0 radical (unpaired) electrons. The minimum Gasteiger partial charge on any atom is -0.493 e. The highest BCUT2D eigenvalue weighted by Gasteiger charge is 2.18. The smallest absolute Gasteiger partial charge is 0.325 e. The number of methoxy groups -OCH3 is 3. The Labute approximate surface area is 150 Å². The predicted octanol–water partition coefficient (Wildman–Crippen LogP) is 3.69. The van der Waals surface area contributed by atoms with Gasteiger partial charge in [0.1, 0.15) is 0 Å². The maximum atomic E-state index is 12.3. The summed E-state index contributed by atoms with van der Waals surface area (Å²) in [6, 6.07) is 2.99. The number of aryl methyl sites for hydroxylation is 2. The summed E-state index contributed by atoms with van der Waals surface area (Å²) in [7, 11) is 4.59. The summed E-state index contributed by atoms with van der Waals surface area (Å²) in [5.74, 6) is 1.42. The van der Waals surface area contributed by atoms with Gasteiger partial charge < -0.3 is 19.5 Å². The van der Waals surface area contributed by atoms with Gasteiger partial charge in [0.25, 0.3) is 0 Å². The predicted molar refractivity (Wildman–Crippen MR) is 97.5 cm³/mol. The van der Waals surface area contributed by atoms with E-state index < -0.39 is 0 Å². The third-order valence-electron chi connectivity index (χ3n) is 3.99. The lowest BCUT2D eigenvalue weighted by molar-refractivity contribution is 0.262. The van der Waals surface area contributed by atoms with Crippen molar-refractivity contribution in [2.24, 2.45) is 0 Å². The van der Waals surface area contributed by atoms with Crippen molar-refractivity contribution in [3.8, 4) is 17.2 Å². The van der Waals surface area contributed by atoms with Crippen molar-refractivity contribution in [2.75, 3.05) is 32.0 Å². The number of benzene rings is 1. The highest BCUT2D eigenvalue weighted by atomic mass is 32.1. The van der Waals surface area contributed by atoms with Gasteiger partial charge in [-0.3, -0.25) is 5.32 Å². The van der Waals surface area contributed by atoms with Gasteiger partial charge in [0, 0.05) is 17.0 Å². The number of rotatable bonds is 5. The number of thiazole rings is 1. The Bertz CT molecular complexity index is 727. The van der Waals surface area contributed by atoms with Crippen molar-refractivity contribution in [2.45, 2.75) is 25.7 Å². The van der Waals surface area contributed by atoms with E-state index in [0.29, 0.717) is 28.1 Å². The summed E-state index contributed by atoms with van der Waals surface area (Å²) < 4.78 is 15.8. The van der Waals surface area contributed by atoms with Gasteiger partial charge in [-0.1, -0.05) is 0 Å². The molecule has 1 aliphatic carbocycles. The Hall–Kier alpha value is -2.48. The molecule has 1 aromatic heterocycles. The van der Waals surface area contributed by atoms with Crippen LogP contribution in [0.1, 0.15) is 23.4 Å². The van der Waals surface area contributed by atoms with Crippen LogP contribution in [0.3, 0.4) is 0 Å². The molecular formula is C17H21N3O4S. The first-order valence-electron chi connectivity index (χ1n) is 8.01. The fraction of sp³-hybridized carbons (Fsp3) is 0.412. The Morgan fingerprint density at radius 1 is 1.04 bits per heavy atom. The van der Waals surface area contributed by atoms with E-state index in [1.165, 1.54) is 32.6 Å². The molecule has 0 saturated heterocycles. The SMILES string of the molecule is COc1cc(NC(=O)Nc2nc3c(s2)CCCC3)cc(OC)c1OC. The first-order valence-corrected chi connectivity index (χ1v) is 8.83. The molecule has 25 heavy (non-hydrogen) atoms. The van der Waals surface area contributed by atoms with E-state index in [1.54, 1.807) is 23.5 Å². The molecule has 0 fully saturated rings. The van der Waals surface area contributed by atoms with E-state index in [0.717, 1.165) is 25.0 Å². The number of aromatic nitrogens is 1. The molecule has 1 aliphatic rings. The summed E-state index contributed by atoms with van der Waals surface area (Å²) in [4.78, 5) is 18.1. The lowest BCUT2D eigenvalue weighted by Gasteiger charge is -2.14. The van der Waals surface area contributed by atoms with Crippen LogP contribution in [0.4, 0.5) is 15.6 Å². The number of anilines is 2. The van der Waals surface area contributed by atoms with Crippen molar-refractivity contribution in [1.82, 2.24) is 4.98 Å². The maximum Gasteiger partial charge on any atom is 0.325 e. The molecule has 2 amide bonds. The zero-order valence-electron chi connectivity index (χ0n) is 14.5. The Morgan fingerprint density at radius 2 is 1.72 bits per heavy atom. The molecular weight excluding hydrogens is 342 g/mol. The number of ether oxygens (including phenoxy) is 3. The summed E-state index contributed by atoms with van der Waals surface area (Å²) in [6.45, 7) is 0. The van der Waals surface area contributed by atoms with Crippen LogP contribution in [0, 0.1) is 0 Å². The molecule has 8 heteroatoms. The third-order valence-corrected chi connectivity index (χ3v) is 5.06. The van der Waals surface area contributed by atoms with Crippen molar-refractivity contribution in [3.63, 3.8) is 0 Å². The molecule has 0 saturated carbocycles. The molecule has 0 spiro atoms. The molecule has 3 rings (SSSR count). The monoisotopic (exact) mass is 363 g/mol. The van der Waals surface area contributed by atoms with E-state index in [1.807, 2.05) is 0 Å². The number of amides is 2. The number of hydrogen-bond donors (Lipinski definition) is 2. The zero-order valence-corrected chi connectivity index (χ0v) is 15.3. The average molecular weight is 363 g/mol. The van der Waals surface area contributed by atoms with E-state index >= 15 is 0 Å². The van der Waals surface area contributed by atoms with Crippen LogP contribution in [0.5, 0.6) is 17.2 Å². The molecule has 0 atom stereocenters. The summed E-state index contributed by atoms with van der Waals surface area (Å²) in [5, 5.41) is 6.19. The second-order valence-electron chi connectivity index (χ2n) is 5.59. The number of nitrogens with one attached hydrogen (secondary N) is 2. The maximum absolute atomic E-state index is 12.3. The van der Waals surface area contributed by atoms with E-state index in [9.17, 15) is 4.79 Å². The van der Waals surface area contributed by atoms with Crippen molar-refractivity contribution >= 4 is 28.2 Å². The number of carbonyl (C=O) groups excluding carboxylic acids is 1. The molecule has 1 aromatic carbocycles. The summed E-state index contributed by atoms with van der Waals surface area (Å²) in [6.07, 6.45) is 4.38. The fourth-order valence-corrected chi connectivity index (χ4v) is 3.86. The first kappa shape index (κ1) is 17.3. The number of fused-ring (bicyclic) bond motifs is 1. The second-order valence-corrected chi connectivity index (χ2v) is 6.67. The van der Waals surface area contributed by atoms with Gasteiger partial charge in [-0.15, -0.1) is 11.3 Å². The van der Waals surface area contributed by atoms with Crippen LogP contribution in [0.15, 0.2) is 12.1 Å². The Balaban J connectivity index is 1.73. The number of urea groups is 1.